The van der Waals surface area contributed by atoms with Crippen LogP contribution in [0.2, 0.25) is 0 Å². The highest BCUT2D eigenvalue weighted by atomic mass is 32.2. The number of nitrogens with zero attached hydrogens (tertiary/aromatic N) is 4. The SMILES string of the molecule is CC(C)O/N=C(\C(=O)NC1C(=O)N2C(C(=O)O)=C(C[n+]3cccc4c(OCF)csc43)CS[C@H]12)c1csc(N)n1. The van der Waals surface area contributed by atoms with Gasteiger partial charge in [-0.25, -0.2) is 14.2 Å². The molecule has 0 radical (unpaired) electrons. The second kappa shape index (κ2) is 11.4. The Kier molecular flexibility index (Phi) is 7.91. The third-order valence-corrected chi connectivity index (χ3v) is 9.03. The normalized spacial score (nSPS) is 19.1. The average Bonchev–Trinajstić information content (AvgIpc) is 3.53. The number of rotatable bonds is 10. The van der Waals surface area contributed by atoms with E-state index < -0.39 is 36.1 Å². The number of hydrogen-bond acceptors (Lipinski definition) is 11. The van der Waals surface area contributed by atoms with E-state index in [1.54, 1.807) is 42.9 Å². The van der Waals surface area contributed by atoms with Gasteiger partial charge in [0.05, 0.1) is 0 Å². The predicted molar refractivity (Wildman–Crippen MR) is 148 cm³/mol. The number of nitrogens with two attached hydrogens (primary N) is 1. The number of pyridine rings is 1. The highest BCUT2D eigenvalue weighted by Crippen LogP contribution is 2.40. The molecule has 3 aromatic heterocycles. The minimum Gasteiger partial charge on any atom is -0.477 e. The number of thioether (sulfide) groups is 1. The second-order valence-electron chi connectivity index (χ2n) is 8.99. The van der Waals surface area contributed by atoms with Crippen molar-refractivity contribution in [2.45, 2.75) is 37.9 Å². The molecule has 2 atom stereocenters. The van der Waals surface area contributed by atoms with Crippen LogP contribution in [-0.4, -0.2) is 68.6 Å². The zero-order valence-corrected chi connectivity index (χ0v) is 23.6. The van der Waals surface area contributed by atoms with E-state index in [1.807, 2.05) is 4.57 Å². The molecular weight excluding hydrogens is 583 g/mol. The van der Waals surface area contributed by atoms with E-state index in [9.17, 15) is 23.9 Å². The van der Waals surface area contributed by atoms with Gasteiger partial charge < -0.3 is 25.7 Å². The Morgan fingerprint density at radius 3 is 2.85 bits per heavy atom. The third kappa shape index (κ3) is 5.21. The number of nitrogens with one attached hydrogen (secondary N) is 1. The van der Waals surface area contributed by atoms with Crippen molar-refractivity contribution in [3.8, 4) is 5.75 Å². The largest absolute Gasteiger partial charge is 0.477 e. The van der Waals surface area contributed by atoms with Gasteiger partial charge in [0.15, 0.2) is 23.6 Å². The molecule has 1 saturated heterocycles. The zero-order valence-electron chi connectivity index (χ0n) is 21.2. The Bertz CT molecular complexity index is 1550. The number of fused-ring (bicyclic) bond motifs is 2. The van der Waals surface area contributed by atoms with Crippen molar-refractivity contribution in [3.05, 3.63) is 46.1 Å². The number of thiazole rings is 1. The molecule has 2 amide bonds. The number of nitrogen functional groups attached to an aromatic ring is 1. The zero-order chi connectivity index (χ0) is 28.6. The molecule has 2 aliphatic heterocycles. The maximum absolute atomic E-state index is 13.2. The summed E-state index contributed by atoms with van der Waals surface area (Å²) in [6, 6.07) is 2.59. The predicted octanol–water partition coefficient (Wildman–Crippen LogP) is 2.10. The van der Waals surface area contributed by atoms with Gasteiger partial charge in [0.1, 0.15) is 40.0 Å². The van der Waals surface area contributed by atoms with Crippen molar-refractivity contribution in [1.82, 2.24) is 15.2 Å². The first-order valence-electron chi connectivity index (χ1n) is 11.9. The monoisotopic (exact) mass is 607 g/mol. The van der Waals surface area contributed by atoms with E-state index in [1.165, 1.54) is 28.0 Å². The van der Waals surface area contributed by atoms with Crippen molar-refractivity contribution in [3.63, 3.8) is 0 Å². The Balaban J connectivity index is 1.37. The van der Waals surface area contributed by atoms with Crippen LogP contribution < -0.4 is 20.4 Å². The van der Waals surface area contributed by atoms with Gasteiger partial charge in [0.25, 0.3) is 16.6 Å². The lowest BCUT2D eigenvalue weighted by molar-refractivity contribution is -0.661. The number of carboxylic acid groups (broad SMARTS) is 1. The first-order chi connectivity index (χ1) is 19.2. The number of aromatic nitrogens is 2. The number of amides is 2. The summed E-state index contributed by atoms with van der Waals surface area (Å²) in [5, 5.41) is 20.2. The lowest BCUT2D eigenvalue weighted by atomic mass is 10.0. The molecule has 4 N–H and O–H groups in total. The minimum atomic E-state index is -1.25. The van der Waals surface area contributed by atoms with E-state index in [0.717, 1.165) is 16.2 Å². The van der Waals surface area contributed by atoms with Gasteiger partial charge in [-0.05, 0) is 19.9 Å². The van der Waals surface area contributed by atoms with Crippen molar-refractivity contribution in [2.75, 3.05) is 18.3 Å². The molecule has 0 saturated carbocycles. The fourth-order valence-electron chi connectivity index (χ4n) is 4.30. The molecule has 40 heavy (non-hydrogen) atoms. The number of alkyl halides is 1. The van der Waals surface area contributed by atoms with Crippen LogP contribution in [0.1, 0.15) is 19.5 Å². The number of aliphatic carboxylic acids is 1. The number of thiophene rings is 1. The number of carboxylic acids is 1. The number of β-lactam (4-membered cyclic amide) rings is 1. The molecule has 0 aliphatic carbocycles. The maximum atomic E-state index is 13.2. The molecule has 1 unspecified atom stereocenters. The topological polar surface area (TPSA) is 160 Å². The van der Waals surface area contributed by atoms with Crippen molar-refractivity contribution < 1.29 is 38.0 Å². The fourth-order valence-corrected chi connectivity index (χ4v) is 7.16. The van der Waals surface area contributed by atoms with Crippen LogP contribution in [0, 0.1) is 0 Å². The molecule has 5 heterocycles. The molecule has 1 fully saturated rings. The Labute approximate surface area is 239 Å². The summed E-state index contributed by atoms with van der Waals surface area (Å²) in [6.07, 6.45) is 1.48. The molecule has 0 aromatic carbocycles. The summed E-state index contributed by atoms with van der Waals surface area (Å²) in [7, 11) is 0. The Hall–Kier alpha value is -3.76. The van der Waals surface area contributed by atoms with Crippen LogP contribution in [0.5, 0.6) is 5.75 Å². The lowest BCUT2D eigenvalue weighted by Crippen LogP contribution is -2.71. The summed E-state index contributed by atoms with van der Waals surface area (Å²) >= 11 is 3.81. The van der Waals surface area contributed by atoms with Gasteiger partial charge >= 0.3 is 5.97 Å². The molecular formula is C24H24FN6O6S3+. The van der Waals surface area contributed by atoms with E-state index in [4.69, 9.17) is 15.3 Å². The van der Waals surface area contributed by atoms with Crippen LogP contribution >= 0.6 is 34.4 Å². The van der Waals surface area contributed by atoms with Gasteiger partial charge in [0.2, 0.25) is 6.86 Å². The first-order valence-corrected chi connectivity index (χ1v) is 14.7. The summed E-state index contributed by atoms with van der Waals surface area (Å²) in [5.41, 5.74) is 6.18. The summed E-state index contributed by atoms with van der Waals surface area (Å²) < 4.78 is 19.6. The van der Waals surface area contributed by atoms with E-state index in [2.05, 4.69) is 15.5 Å². The first kappa shape index (κ1) is 27.8. The van der Waals surface area contributed by atoms with Crippen molar-refractivity contribution >= 4 is 73.3 Å². The molecule has 210 valence electrons. The summed E-state index contributed by atoms with van der Waals surface area (Å²) in [4.78, 5) is 50.0. The van der Waals surface area contributed by atoms with Gasteiger partial charge in [0, 0.05) is 28.2 Å². The maximum Gasteiger partial charge on any atom is 0.352 e. The number of carbonyl (C=O) groups excluding carboxylic acids is 2. The number of ether oxygens (including phenoxy) is 1. The van der Waals surface area contributed by atoms with Crippen LogP contribution in [-0.2, 0) is 25.8 Å². The van der Waals surface area contributed by atoms with Crippen LogP contribution in [0.4, 0.5) is 9.52 Å². The highest BCUT2D eigenvalue weighted by molar-refractivity contribution is 8.00. The van der Waals surface area contributed by atoms with Gasteiger partial charge in [-0.15, -0.1) is 23.1 Å². The Morgan fingerprint density at radius 2 is 2.17 bits per heavy atom. The third-order valence-electron chi connectivity index (χ3n) is 6.01. The average molecular weight is 608 g/mol. The summed E-state index contributed by atoms with van der Waals surface area (Å²) in [5.74, 6) is -1.78. The molecule has 2 aliphatic rings. The molecule has 0 bridgehead atoms. The number of anilines is 1. The van der Waals surface area contributed by atoms with Gasteiger partial charge in [-0.2, -0.15) is 4.57 Å². The molecule has 3 aromatic rings. The number of carbonyl (C=O) groups is 3. The number of halogens is 1. The molecule has 16 heteroatoms. The van der Waals surface area contributed by atoms with Crippen LogP contribution in [0.25, 0.3) is 10.2 Å². The highest BCUT2D eigenvalue weighted by Gasteiger charge is 2.55. The van der Waals surface area contributed by atoms with Crippen LogP contribution in [0.15, 0.2) is 45.5 Å². The molecule has 12 nitrogen and oxygen atoms in total. The number of hydrogen-bond donors (Lipinski definition) is 3. The van der Waals surface area contributed by atoms with Crippen LogP contribution in [0.3, 0.4) is 0 Å². The van der Waals surface area contributed by atoms with Gasteiger partial charge in [-0.1, -0.05) is 16.5 Å². The van der Waals surface area contributed by atoms with E-state index >= 15 is 0 Å². The molecule has 5 rings (SSSR count). The quantitative estimate of drug-likeness (QED) is 0.136. The summed E-state index contributed by atoms with van der Waals surface area (Å²) in [6.45, 7) is 2.72. The lowest BCUT2D eigenvalue weighted by Gasteiger charge is -2.49. The van der Waals surface area contributed by atoms with Crippen molar-refractivity contribution in [1.29, 1.82) is 0 Å². The van der Waals surface area contributed by atoms with Crippen molar-refractivity contribution in [2.24, 2.45) is 5.16 Å². The smallest absolute Gasteiger partial charge is 0.352 e. The fraction of sp³-hybridized carbons (Fsp3) is 0.333. The van der Waals surface area contributed by atoms with E-state index in [-0.39, 0.29) is 34.9 Å². The standard InChI is InChI=1S/C24H23FN6O6S3/c1-11(2)37-29-16(14-8-40-24(26)27-14)19(32)28-17-20(33)31-18(23(34)35)12(7-38-22(17)31)6-30-5-3-4-13-15(36-10-25)9-39-21(13)30/h3-5,8-9,11,17,22H,6-7,10H2,1-2H3,(H3-,26,27,28,32,34,35)/p+1/b29-16-/t17?,22-/m1/s1. The number of oxime groups is 1. The molecule has 0 spiro atoms. The van der Waals surface area contributed by atoms with Gasteiger partial charge in [-0.3, -0.25) is 14.5 Å². The minimum absolute atomic E-state index is 0.121. The Morgan fingerprint density at radius 1 is 1.38 bits per heavy atom. The second-order valence-corrected chi connectivity index (χ2v) is 11.8. The van der Waals surface area contributed by atoms with E-state index in [0.29, 0.717) is 22.5 Å².